The van der Waals surface area contributed by atoms with E-state index in [1.807, 2.05) is 49.4 Å². The summed E-state index contributed by atoms with van der Waals surface area (Å²) in [5, 5.41) is 3.50. The van der Waals surface area contributed by atoms with E-state index in [0.29, 0.717) is 28.2 Å². The number of rotatable bonds is 6. The second-order valence-electron chi connectivity index (χ2n) is 7.07. The molecule has 0 aromatic heterocycles. The predicted molar refractivity (Wildman–Crippen MR) is 131 cm³/mol. The molecule has 1 fully saturated rings. The lowest BCUT2D eigenvalue weighted by Crippen LogP contribution is -2.29. The van der Waals surface area contributed by atoms with Gasteiger partial charge < -0.3 is 4.74 Å². The molecule has 0 atom stereocenters. The van der Waals surface area contributed by atoms with Gasteiger partial charge in [0.25, 0.3) is 5.91 Å². The number of amidine groups is 1. The zero-order valence-corrected chi connectivity index (χ0v) is 19.0. The first-order valence-corrected chi connectivity index (χ1v) is 11.5. The smallest absolute Gasteiger partial charge is 0.266 e. The van der Waals surface area contributed by atoms with Crippen molar-refractivity contribution in [1.82, 2.24) is 4.90 Å². The molecular weight excluding hydrogens is 428 g/mol. The molecule has 0 bridgehead atoms. The molecule has 1 aliphatic rings. The maximum Gasteiger partial charge on any atom is 0.266 e. The Morgan fingerprint density at radius 3 is 2.58 bits per heavy atom. The van der Waals surface area contributed by atoms with E-state index >= 15 is 0 Å². The number of hydrogen-bond donors (Lipinski definition) is 0. The molecule has 1 aliphatic heterocycles. The molecule has 0 saturated carbocycles. The van der Waals surface area contributed by atoms with E-state index in [-0.39, 0.29) is 5.91 Å². The molecular formula is C25H23ClN2O2S. The van der Waals surface area contributed by atoms with E-state index < -0.39 is 0 Å². The number of aliphatic imine (C=N–C) groups is 1. The minimum Gasteiger partial charge on any atom is -0.493 e. The highest BCUT2D eigenvalue weighted by Gasteiger charge is 2.33. The highest BCUT2D eigenvalue weighted by atomic mass is 35.5. The van der Waals surface area contributed by atoms with Gasteiger partial charge in [-0.1, -0.05) is 48.9 Å². The van der Waals surface area contributed by atoms with Crippen LogP contribution in [0.2, 0.25) is 5.02 Å². The number of carbonyl (C=O) groups excluding carboxylic acids is 1. The summed E-state index contributed by atoms with van der Waals surface area (Å²) in [5.74, 6) is 0.738. The minimum atomic E-state index is -0.0325. The van der Waals surface area contributed by atoms with Gasteiger partial charge in [-0.05, 0) is 72.3 Å². The number of halogens is 1. The van der Waals surface area contributed by atoms with Gasteiger partial charge in [-0.3, -0.25) is 9.69 Å². The standard InChI is InChI=1S/C25H23ClN2O2S/c1-3-15-28-24(29)23(31-25(28)27-19-12-10-18(26)11-13-19)16-21-20-8-6-5-7-17(20)9-14-22(21)30-4-2/h5-14,16H,3-4,15H2,1-2H3/b23-16-,27-25?. The topological polar surface area (TPSA) is 41.9 Å². The monoisotopic (exact) mass is 450 g/mol. The summed E-state index contributed by atoms with van der Waals surface area (Å²) in [7, 11) is 0. The Morgan fingerprint density at radius 1 is 1.06 bits per heavy atom. The Kier molecular flexibility index (Phi) is 6.64. The highest BCUT2D eigenvalue weighted by Crippen LogP contribution is 2.38. The van der Waals surface area contributed by atoms with E-state index in [1.165, 1.54) is 11.8 Å². The summed E-state index contributed by atoms with van der Waals surface area (Å²) < 4.78 is 5.88. The van der Waals surface area contributed by atoms with E-state index in [9.17, 15) is 4.79 Å². The molecule has 1 saturated heterocycles. The van der Waals surface area contributed by atoms with Gasteiger partial charge in [0.1, 0.15) is 5.75 Å². The van der Waals surface area contributed by atoms with Crippen molar-refractivity contribution in [2.24, 2.45) is 4.99 Å². The third-order valence-corrected chi connectivity index (χ3v) is 6.15. The van der Waals surface area contributed by atoms with Crippen LogP contribution in [0.4, 0.5) is 5.69 Å². The third-order valence-electron chi connectivity index (χ3n) is 4.89. The van der Waals surface area contributed by atoms with Crippen LogP contribution in [0.25, 0.3) is 16.8 Å². The van der Waals surface area contributed by atoms with Crippen LogP contribution in [0.1, 0.15) is 25.8 Å². The Hall–Kier alpha value is -2.76. The molecule has 0 unspecified atom stereocenters. The summed E-state index contributed by atoms with van der Waals surface area (Å²) in [6.45, 7) is 5.18. The van der Waals surface area contributed by atoms with Crippen LogP contribution in [-0.4, -0.2) is 29.1 Å². The number of carbonyl (C=O) groups is 1. The zero-order valence-electron chi connectivity index (χ0n) is 17.5. The second-order valence-corrected chi connectivity index (χ2v) is 8.52. The van der Waals surface area contributed by atoms with E-state index in [2.05, 4.69) is 19.1 Å². The molecule has 3 aromatic carbocycles. The fourth-order valence-electron chi connectivity index (χ4n) is 3.48. The quantitative estimate of drug-likeness (QED) is 0.383. The summed E-state index contributed by atoms with van der Waals surface area (Å²) in [6, 6.07) is 19.4. The van der Waals surface area contributed by atoms with Crippen LogP contribution < -0.4 is 4.74 Å². The normalized spacial score (nSPS) is 16.6. The molecule has 0 aliphatic carbocycles. The number of thioether (sulfide) groups is 1. The Balaban J connectivity index is 1.78. The maximum absolute atomic E-state index is 13.3. The summed E-state index contributed by atoms with van der Waals surface area (Å²) in [5.41, 5.74) is 1.68. The van der Waals surface area contributed by atoms with Crippen molar-refractivity contribution in [3.05, 3.63) is 76.2 Å². The number of nitrogens with zero attached hydrogens (tertiary/aromatic N) is 2. The van der Waals surface area contributed by atoms with Crippen molar-refractivity contribution >= 4 is 57.0 Å². The van der Waals surface area contributed by atoms with Gasteiger partial charge in [-0.25, -0.2) is 4.99 Å². The van der Waals surface area contributed by atoms with Gasteiger partial charge in [-0.2, -0.15) is 0 Å². The van der Waals surface area contributed by atoms with Crippen LogP contribution in [0.5, 0.6) is 5.75 Å². The van der Waals surface area contributed by atoms with E-state index in [4.69, 9.17) is 21.3 Å². The summed E-state index contributed by atoms with van der Waals surface area (Å²) in [4.78, 5) is 20.4. The number of benzene rings is 3. The fraction of sp³-hybridized carbons (Fsp3) is 0.200. The molecule has 1 amide bonds. The lowest BCUT2D eigenvalue weighted by Gasteiger charge is -2.14. The van der Waals surface area contributed by atoms with Crippen LogP contribution in [0.15, 0.2) is 70.6 Å². The average molecular weight is 451 g/mol. The number of hydrogen-bond acceptors (Lipinski definition) is 4. The second kappa shape index (κ2) is 9.58. The molecule has 4 nitrogen and oxygen atoms in total. The first-order valence-electron chi connectivity index (χ1n) is 10.3. The summed E-state index contributed by atoms with van der Waals surface area (Å²) >= 11 is 7.39. The lowest BCUT2D eigenvalue weighted by molar-refractivity contribution is -0.122. The van der Waals surface area contributed by atoms with Crippen LogP contribution >= 0.6 is 23.4 Å². The van der Waals surface area contributed by atoms with Gasteiger partial charge in [0.2, 0.25) is 0 Å². The Morgan fingerprint density at radius 2 is 1.84 bits per heavy atom. The van der Waals surface area contributed by atoms with Gasteiger partial charge >= 0.3 is 0 Å². The number of amides is 1. The molecule has 3 aromatic rings. The van der Waals surface area contributed by atoms with Crippen molar-refractivity contribution in [3.63, 3.8) is 0 Å². The average Bonchev–Trinajstić information content (AvgIpc) is 3.06. The molecule has 0 spiro atoms. The molecule has 1 heterocycles. The van der Waals surface area contributed by atoms with Crippen molar-refractivity contribution in [3.8, 4) is 5.75 Å². The molecule has 158 valence electrons. The van der Waals surface area contributed by atoms with Crippen molar-refractivity contribution in [1.29, 1.82) is 0 Å². The Bertz CT molecular complexity index is 1170. The molecule has 31 heavy (non-hydrogen) atoms. The highest BCUT2D eigenvalue weighted by molar-refractivity contribution is 8.18. The predicted octanol–water partition coefficient (Wildman–Crippen LogP) is 6.91. The van der Waals surface area contributed by atoms with Gasteiger partial charge in [0.05, 0.1) is 17.2 Å². The number of fused-ring (bicyclic) bond motifs is 1. The first kappa shape index (κ1) is 21.5. The molecule has 0 N–H and O–H groups in total. The van der Waals surface area contributed by atoms with Crippen LogP contribution in [0.3, 0.4) is 0 Å². The largest absolute Gasteiger partial charge is 0.493 e. The van der Waals surface area contributed by atoms with E-state index in [0.717, 1.165) is 34.2 Å². The Labute approximate surface area is 191 Å². The summed E-state index contributed by atoms with van der Waals surface area (Å²) in [6.07, 6.45) is 2.78. The molecule has 0 radical (unpaired) electrons. The van der Waals surface area contributed by atoms with Crippen LogP contribution in [0, 0.1) is 0 Å². The van der Waals surface area contributed by atoms with Crippen molar-refractivity contribution in [2.75, 3.05) is 13.2 Å². The van der Waals surface area contributed by atoms with Crippen molar-refractivity contribution in [2.45, 2.75) is 20.3 Å². The number of ether oxygens (including phenoxy) is 1. The molecule has 6 heteroatoms. The van der Waals surface area contributed by atoms with Gasteiger partial charge in [0, 0.05) is 17.1 Å². The lowest BCUT2D eigenvalue weighted by atomic mass is 10.0. The maximum atomic E-state index is 13.3. The molecule has 4 rings (SSSR count). The van der Waals surface area contributed by atoms with Crippen LogP contribution in [-0.2, 0) is 4.79 Å². The fourth-order valence-corrected chi connectivity index (χ4v) is 4.61. The zero-order chi connectivity index (χ0) is 21.8. The third kappa shape index (κ3) is 4.63. The SMILES string of the molecule is CCCN1C(=O)/C(=C/c2c(OCC)ccc3ccccc23)SC1=Nc1ccc(Cl)cc1. The van der Waals surface area contributed by atoms with Gasteiger partial charge in [0.15, 0.2) is 5.17 Å². The minimum absolute atomic E-state index is 0.0325. The first-order chi connectivity index (χ1) is 15.1. The van der Waals surface area contributed by atoms with Gasteiger partial charge in [-0.15, -0.1) is 0 Å². The van der Waals surface area contributed by atoms with Crippen molar-refractivity contribution < 1.29 is 9.53 Å². The van der Waals surface area contributed by atoms with E-state index in [1.54, 1.807) is 17.0 Å².